The van der Waals surface area contributed by atoms with Crippen LogP contribution in [0.4, 0.5) is 4.39 Å². The number of aromatic nitrogens is 1. The highest BCUT2D eigenvalue weighted by atomic mass is 19.1. The quantitative estimate of drug-likeness (QED) is 0.443. The van der Waals surface area contributed by atoms with Crippen LogP contribution >= 0.6 is 0 Å². The van der Waals surface area contributed by atoms with Crippen molar-refractivity contribution >= 4 is 22.9 Å². The second-order valence-electron chi connectivity index (χ2n) is 10.8. The second-order valence-corrected chi connectivity index (χ2v) is 10.8. The number of halogens is 1. The molecule has 2 unspecified atom stereocenters. The molecule has 5 rings (SSSR count). The number of benzene rings is 2. The number of aliphatic carboxylic acids is 1. The number of carboxylic acids is 1. The van der Waals surface area contributed by atoms with Gasteiger partial charge in [0.15, 0.2) is 6.10 Å². The van der Waals surface area contributed by atoms with Crippen molar-refractivity contribution in [3.63, 3.8) is 0 Å². The zero-order valence-electron chi connectivity index (χ0n) is 21.4. The summed E-state index contributed by atoms with van der Waals surface area (Å²) >= 11 is 0. The van der Waals surface area contributed by atoms with Crippen molar-refractivity contribution in [3.8, 4) is 5.75 Å². The summed E-state index contributed by atoms with van der Waals surface area (Å²) < 4.78 is 25.9. The van der Waals surface area contributed by atoms with Crippen molar-refractivity contribution in [1.29, 1.82) is 0 Å². The molecule has 0 spiro atoms. The number of rotatable bonds is 6. The summed E-state index contributed by atoms with van der Waals surface area (Å²) in [5.74, 6) is -0.721. The van der Waals surface area contributed by atoms with Crippen molar-refractivity contribution in [1.82, 2.24) is 4.98 Å². The highest BCUT2D eigenvalue weighted by Crippen LogP contribution is 2.56. The molecule has 2 aliphatic rings. The third-order valence-corrected chi connectivity index (χ3v) is 7.81. The zero-order chi connectivity index (χ0) is 25.8. The number of alkyl halides is 1. The van der Waals surface area contributed by atoms with Crippen molar-refractivity contribution in [2.75, 3.05) is 13.3 Å². The van der Waals surface area contributed by atoms with Crippen LogP contribution in [0.1, 0.15) is 61.4 Å². The maximum atomic E-state index is 13.9. The molecular formula is C30H32FNO4. The summed E-state index contributed by atoms with van der Waals surface area (Å²) in [6.07, 6.45) is 3.35. The Balaban J connectivity index is 1.82. The summed E-state index contributed by atoms with van der Waals surface area (Å²) in [7, 11) is 0. The molecule has 5 nitrogen and oxygen atoms in total. The first-order valence-electron chi connectivity index (χ1n) is 12.4. The minimum atomic E-state index is -1.29. The minimum Gasteiger partial charge on any atom is -0.493 e. The van der Waals surface area contributed by atoms with E-state index < -0.39 is 35.7 Å². The van der Waals surface area contributed by atoms with E-state index in [2.05, 4.69) is 12.1 Å². The third-order valence-electron chi connectivity index (χ3n) is 7.81. The van der Waals surface area contributed by atoms with E-state index in [0.717, 1.165) is 50.9 Å². The Bertz CT molecular complexity index is 1380. The van der Waals surface area contributed by atoms with E-state index in [9.17, 15) is 14.3 Å². The van der Waals surface area contributed by atoms with Crippen LogP contribution in [-0.4, -0.2) is 41.0 Å². The van der Waals surface area contributed by atoms with Gasteiger partial charge in [-0.1, -0.05) is 48.4 Å². The van der Waals surface area contributed by atoms with E-state index >= 15 is 0 Å². The Morgan fingerprint density at radius 1 is 1.25 bits per heavy atom. The summed E-state index contributed by atoms with van der Waals surface area (Å²) in [5.41, 5.74) is 4.64. The fourth-order valence-electron chi connectivity index (χ4n) is 5.81. The standard InChI is InChI=1S/C30H32FNO4/c1-17-6-7-21-20(14-17)15-18(2)30(5,27(28(33)34)36-29(3,4)16-31)25(21)22-8-9-23-24-19(11-13-35-23)10-12-32-26(22)24/h6-10,12,14-15,25,27H,11,13,16H2,1-5H3,(H,33,34)/t25?,27-,30?/m1/s1. The van der Waals surface area contributed by atoms with E-state index in [1.54, 1.807) is 13.8 Å². The fourth-order valence-corrected chi connectivity index (χ4v) is 5.81. The molecule has 3 aromatic rings. The van der Waals surface area contributed by atoms with Gasteiger partial charge in [0, 0.05) is 29.3 Å². The molecule has 0 amide bonds. The van der Waals surface area contributed by atoms with Gasteiger partial charge in [0.05, 0.1) is 17.7 Å². The molecule has 0 saturated heterocycles. The number of nitrogens with zero attached hydrogens (tertiary/aromatic N) is 1. The molecule has 1 aliphatic heterocycles. The molecule has 0 saturated carbocycles. The lowest BCUT2D eigenvalue weighted by Gasteiger charge is -2.48. The van der Waals surface area contributed by atoms with Gasteiger partial charge in [0.1, 0.15) is 12.4 Å². The Labute approximate surface area is 211 Å². The predicted octanol–water partition coefficient (Wildman–Crippen LogP) is 6.25. The number of ether oxygens (including phenoxy) is 2. The smallest absolute Gasteiger partial charge is 0.333 e. The first kappa shape index (κ1) is 24.4. The first-order chi connectivity index (χ1) is 17.1. The topological polar surface area (TPSA) is 68.7 Å². The fraction of sp³-hybridized carbons (Fsp3) is 0.400. The van der Waals surface area contributed by atoms with E-state index in [-0.39, 0.29) is 0 Å². The van der Waals surface area contributed by atoms with Gasteiger partial charge in [-0.2, -0.15) is 0 Å². The Morgan fingerprint density at radius 2 is 2.00 bits per heavy atom. The van der Waals surface area contributed by atoms with Crippen LogP contribution in [0, 0.1) is 12.3 Å². The third kappa shape index (κ3) is 3.79. The van der Waals surface area contributed by atoms with Crippen LogP contribution in [-0.2, 0) is 16.0 Å². The zero-order valence-corrected chi connectivity index (χ0v) is 21.4. The molecule has 6 heteroatoms. The van der Waals surface area contributed by atoms with E-state index in [1.165, 1.54) is 5.56 Å². The molecular weight excluding hydrogens is 457 g/mol. The van der Waals surface area contributed by atoms with Crippen LogP contribution in [0.25, 0.3) is 17.0 Å². The molecule has 1 aromatic heterocycles. The van der Waals surface area contributed by atoms with E-state index in [4.69, 9.17) is 14.5 Å². The maximum absolute atomic E-state index is 13.9. The second kappa shape index (κ2) is 8.70. The average Bonchev–Trinajstić information content (AvgIpc) is 2.84. The van der Waals surface area contributed by atoms with Crippen LogP contribution in [0.3, 0.4) is 0 Å². The minimum absolute atomic E-state index is 0.395. The van der Waals surface area contributed by atoms with Crippen molar-refractivity contribution in [2.45, 2.75) is 58.7 Å². The summed E-state index contributed by atoms with van der Waals surface area (Å²) in [6.45, 7) is 8.90. The molecule has 1 N–H and O–H groups in total. The predicted molar refractivity (Wildman–Crippen MR) is 138 cm³/mol. The highest BCUT2D eigenvalue weighted by Gasteiger charge is 2.53. The summed E-state index contributed by atoms with van der Waals surface area (Å²) in [5, 5.41) is 11.4. The molecule has 0 bridgehead atoms. The Kier molecular flexibility index (Phi) is 5.91. The lowest BCUT2D eigenvalue weighted by molar-refractivity contribution is -0.176. The Hall–Kier alpha value is -3.25. The molecule has 0 fully saturated rings. The average molecular weight is 490 g/mol. The monoisotopic (exact) mass is 489 g/mol. The molecule has 2 aromatic carbocycles. The van der Waals surface area contributed by atoms with Crippen LogP contribution in [0.2, 0.25) is 0 Å². The number of fused-ring (bicyclic) bond motifs is 1. The number of hydrogen-bond acceptors (Lipinski definition) is 4. The lowest BCUT2D eigenvalue weighted by atomic mass is 9.59. The number of aryl methyl sites for hydroxylation is 1. The van der Waals surface area contributed by atoms with Crippen LogP contribution in [0.15, 0.2) is 48.2 Å². The number of carbonyl (C=O) groups is 1. The molecule has 188 valence electrons. The molecule has 2 heterocycles. The van der Waals surface area contributed by atoms with Gasteiger partial charge in [-0.25, -0.2) is 9.18 Å². The van der Waals surface area contributed by atoms with Crippen molar-refractivity contribution < 1.29 is 23.8 Å². The molecule has 0 radical (unpaired) electrons. The largest absolute Gasteiger partial charge is 0.493 e. The summed E-state index contributed by atoms with van der Waals surface area (Å²) in [4.78, 5) is 17.6. The van der Waals surface area contributed by atoms with E-state index in [0.29, 0.717) is 6.61 Å². The normalized spacial score (nSPS) is 21.9. The summed E-state index contributed by atoms with van der Waals surface area (Å²) in [6, 6.07) is 12.2. The van der Waals surface area contributed by atoms with Gasteiger partial charge >= 0.3 is 5.97 Å². The van der Waals surface area contributed by atoms with Gasteiger partial charge in [0.25, 0.3) is 0 Å². The number of pyridine rings is 1. The van der Waals surface area contributed by atoms with Gasteiger partial charge in [-0.3, -0.25) is 4.98 Å². The number of hydrogen-bond donors (Lipinski definition) is 1. The van der Waals surface area contributed by atoms with Gasteiger partial charge in [-0.15, -0.1) is 0 Å². The molecule has 36 heavy (non-hydrogen) atoms. The first-order valence-corrected chi connectivity index (χ1v) is 12.4. The highest BCUT2D eigenvalue weighted by molar-refractivity contribution is 5.93. The van der Waals surface area contributed by atoms with Gasteiger partial charge in [-0.05, 0) is 62.1 Å². The number of carboxylic acid groups (broad SMARTS) is 1. The van der Waals surface area contributed by atoms with E-state index in [1.807, 2.05) is 57.3 Å². The SMILES string of the molecule is CC1=Cc2cc(C)ccc2C(c2ccc3c4c(ccnc24)CCO3)C1(C)[C@H](OC(C)(C)CF)C(=O)O. The maximum Gasteiger partial charge on any atom is 0.333 e. The van der Waals surface area contributed by atoms with Gasteiger partial charge in [0.2, 0.25) is 0 Å². The lowest BCUT2D eigenvalue weighted by Crippen LogP contribution is -2.51. The Morgan fingerprint density at radius 3 is 2.72 bits per heavy atom. The van der Waals surface area contributed by atoms with Gasteiger partial charge < -0.3 is 14.6 Å². The van der Waals surface area contributed by atoms with Crippen LogP contribution < -0.4 is 4.74 Å². The molecule has 3 atom stereocenters. The van der Waals surface area contributed by atoms with Crippen molar-refractivity contribution in [3.05, 3.63) is 76.0 Å². The van der Waals surface area contributed by atoms with Crippen molar-refractivity contribution in [2.24, 2.45) is 5.41 Å². The van der Waals surface area contributed by atoms with Crippen LogP contribution in [0.5, 0.6) is 5.75 Å². The molecule has 1 aliphatic carbocycles.